The van der Waals surface area contributed by atoms with Crippen LogP contribution in [-0.4, -0.2) is 43.9 Å². The summed E-state index contributed by atoms with van der Waals surface area (Å²) in [4.78, 5) is 46.9. The Morgan fingerprint density at radius 2 is 1.03 bits per heavy atom. The molecule has 0 spiro atoms. The zero-order valence-electron chi connectivity index (χ0n) is 15.0. The van der Waals surface area contributed by atoms with Crippen molar-refractivity contribution in [3.8, 4) is 11.5 Å². The Morgan fingerprint density at radius 1 is 0.667 bits per heavy atom. The average Bonchev–Trinajstić information content (AvgIpc) is 2.68. The Balaban J connectivity index is 1.79. The molecule has 0 unspecified atom stereocenters. The lowest BCUT2D eigenvalue weighted by Crippen LogP contribution is -2.22. The van der Waals surface area contributed by atoms with E-state index in [0.717, 1.165) is 36.4 Å². The fourth-order valence-electron chi connectivity index (χ4n) is 2.64. The molecule has 1 aliphatic rings. The highest BCUT2D eigenvalue weighted by molar-refractivity contribution is 6.22. The molecule has 0 aromatic heterocycles. The smallest absolute Gasteiger partial charge is 0.339 e. The zero-order valence-corrected chi connectivity index (χ0v) is 15.0. The van der Waals surface area contributed by atoms with E-state index in [1.807, 2.05) is 0 Å². The maximum Gasteiger partial charge on any atom is 0.339 e. The molecule has 0 saturated heterocycles. The second-order valence-electron chi connectivity index (χ2n) is 6.17. The molecule has 2 aromatic rings. The van der Waals surface area contributed by atoms with E-state index >= 15 is 0 Å². The van der Waals surface area contributed by atoms with Gasteiger partial charge in [0, 0.05) is 23.5 Å². The topological polar surface area (TPSA) is 173 Å². The van der Waals surface area contributed by atoms with Gasteiger partial charge in [-0.05, 0) is 36.4 Å². The maximum absolute atomic E-state index is 12.4. The Kier molecular flexibility index (Phi) is 5.23. The Labute approximate surface area is 168 Å². The number of ketones is 2. The third-order valence-corrected chi connectivity index (χ3v) is 4.09. The van der Waals surface area contributed by atoms with Gasteiger partial charge in [-0.2, -0.15) is 0 Å². The van der Waals surface area contributed by atoms with Crippen molar-refractivity contribution in [3.63, 3.8) is 0 Å². The highest BCUT2D eigenvalue weighted by atomic mass is 16.4. The normalized spacial score (nSPS) is 13.3. The van der Waals surface area contributed by atoms with Crippen LogP contribution in [0.2, 0.25) is 0 Å². The van der Waals surface area contributed by atoms with Gasteiger partial charge in [-0.25, -0.2) is 9.59 Å². The van der Waals surface area contributed by atoms with Crippen molar-refractivity contribution in [1.29, 1.82) is 0 Å². The first-order chi connectivity index (χ1) is 14.2. The van der Waals surface area contributed by atoms with Gasteiger partial charge in [-0.1, -0.05) is 0 Å². The number of anilines is 2. The van der Waals surface area contributed by atoms with Gasteiger partial charge < -0.3 is 31.1 Å². The van der Waals surface area contributed by atoms with Gasteiger partial charge in [0.1, 0.15) is 22.6 Å². The van der Waals surface area contributed by atoms with E-state index in [1.54, 1.807) is 0 Å². The molecule has 0 heterocycles. The highest BCUT2D eigenvalue weighted by Crippen LogP contribution is 2.25. The first-order valence-corrected chi connectivity index (χ1v) is 8.34. The summed E-state index contributed by atoms with van der Waals surface area (Å²) in [5.74, 6) is -4.82. The second kappa shape index (κ2) is 7.80. The largest absolute Gasteiger partial charge is 0.507 e. The summed E-state index contributed by atoms with van der Waals surface area (Å²) in [6.45, 7) is 0. The molecule has 30 heavy (non-hydrogen) atoms. The number of nitrogens with one attached hydrogen (secondary N) is 2. The van der Waals surface area contributed by atoms with E-state index in [-0.39, 0.29) is 33.9 Å². The predicted molar refractivity (Wildman–Crippen MR) is 104 cm³/mol. The molecule has 0 saturated carbocycles. The van der Waals surface area contributed by atoms with Crippen LogP contribution in [0.3, 0.4) is 0 Å². The van der Waals surface area contributed by atoms with E-state index in [2.05, 4.69) is 10.6 Å². The minimum atomic E-state index is -1.36. The molecular weight excluding hydrogens is 396 g/mol. The summed E-state index contributed by atoms with van der Waals surface area (Å²) in [6, 6.07) is 7.16. The van der Waals surface area contributed by atoms with E-state index < -0.39 is 35.0 Å². The van der Waals surface area contributed by atoms with Crippen LogP contribution in [0.4, 0.5) is 11.4 Å². The van der Waals surface area contributed by atoms with Crippen LogP contribution in [0.1, 0.15) is 20.7 Å². The number of aromatic carboxylic acids is 2. The molecular formula is C20H14N2O8. The van der Waals surface area contributed by atoms with Gasteiger partial charge in [-0.3, -0.25) is 9.59 Å². The number of hydrogen-bond acceptors (Lipinski definition) is 8. The highest BCUT2D eigenvalue weighted by Gasteiger charge is 2.22. The lowest BCUT2D eigenvalue weighted by Gasteiger charge is -2.16. The number of aromatic hydroxyl groups is 2. The van der Waals surface area contributed by atoms with Crippen LogP contribution in [0.15, 0.2) is 59.9 Å². The summed E-state index contributed by atoms with van der Waals surface area (Å²) in [7, 11) is 0. The van der Waals surface area contributed by atoms with Crippen LogP contribution >= 0.6 is 0 Å². The fraction of sp³-hybridized carbons (Fsp3) is 0. The monoisotopic (exact) mass is 410 g/mol. The molecule has 0 bridgehead atoms. The van der Waals surface area contributed by atoms with Crippen molar-refractivity contribution in [2.45, 2.75) is 0 Å². The van der Waals surface area contributed by atoms with Crippen molar-refractivity contribution in [2.24, 2.45) is 0 Å². The molecule has 0 aliphatic heterocycles. The first-order valence-electron chi connectivity index (χ1n) is 8.34. The number of rotatable bonds is 6. The van der Waals surface area contributed by atoms with E-state index in [1.165, 1.54) is 12.1 Å². The average molecular weight is 410 g/mol. The second-order valence-corrected chi connectivity index (χ2v) is 6.17. The quantitative estimate of drug-likeness (QED) is 0.305. The number of allylic oxidation sites excluding steroid dienone is 2. The third-order valence-electron chi connectivity index (χ3n) is 4.09. The van der Waals surface area contributed by atoms with Crippen molar-refractivity contribution >= 4 is 34.9 Å². The van der Waals surface area contributed by atoms with Crippen molar-refractivity contribution in [1.82, 2.24) is 0 Å². The van der Waals surface area contributed by atoms with Crippen LogP contribution < -0.4 is 10.6 Å². The molecule has 10 nitrogen and oxygen atoms in total. The number of carbonyl (C=O) groups is 4. The van der Waals surface area contributed by atoms with Crippen LogP contribution in [0.25, 0.3) is 0 Å². The Morgan fingerprint density at radius 3 is 1.37 bits per heavy atom. The molecule has 152 valence electrons. The van der Waals surface area contributed by atoms with E-state index in [0.29, 0.717) is 0 Å². The zero-order chi connectivity index (χ0) is 22.0. The van der Waals surface area contributed by atoms with Gasteiger partial charge in [0.2, 0.25) is 11.6 Å². The van der Waals surface area contributed by atoms with Gasteiger partial charge in [-0.15, -0.1) is 0 Å². The molecule has 6 N–H and O–H groups in total. The minimum Gasteiger partial charge on any atom is -0.507 e. The van der Waals surface area contributed by atoms with Gasteiger partial charge in [0.05, 0.1) is 11.4 Å². The predicted octanol–water partition coefficient (Wildman–Crippen LogP) is 1.94. The SMILES string of the molecule is O=C1C=C(Nc2ccc(O)c(C(=O)O)c2)C(=O)C=C1Nc1ccc(O)c(C(=O)O)c1. The molecule has 0 atom stereocenters. The lowest BCUT2D eigenvalue weighted by atomic mass is 10.0. The van der Waals surface area contributed by atoms with Gasteiger partial charge >= 0.3 is 11.9 Å². The standard InChI is InChI=1S/C20H14N2O8/c23-15-3-1-9(5-11(15)19(27)28)21-13-7-18(26)14(8-17(13)25)22-10-2-4-16(24)12(6-10)20(29)30/h1-8,21-24H,(H,27,28)(H,29,30). The molecule has 2 aromatic carbocycles. The maximum atomic E-state index is 12.4. The fourth-order valence-corrected chi connectivity index (χ4v) is 2.64. The summed E-state index contributed by atoms with van der Waals surface area (Å²) in [5.41, 5.74) is -0.655. The molecule has 0 radical (unpaired) electrons. The van der Waals surface area contributed by atoms with Crippen LogP contribution in [0.5, 0.6) is 11.5 Å². The number of carboxylic acid groups (broad SMARTS) is 2. The van der Waals surface area contributed by atoms with E-state index in [9.17, 15) is 29.4 Å². The number of carboxylic acids is 2. The number of phenols is 2. The molecule has 10 heteroatoms. The summed E-state index contributed by atoms with van der Waals surface area (Å²) in [6.07, 6.45) is 1.99. The molecule has 0 fully saturated rings. The Hall–Kier alpha value is -4.60. The van der Waals surface area contributed by atoms with Crippen molar-refractivity contribution < 1.29 is 39.6 Å². The van der Waals surface area contributed by atoms with Gasteiger partial charge in [0.25, 0.3) is 0 Å². The number of hydrogen-bond donors (Lipinski definition) is 6. The number of benzene rings is 2. The van der Waals surface area contributed by atoms with E-state index in [4.69, 9.17) is 10.2 Å². The molecule has 1 aliphatic carbocycles. The summed E-state index contributed by atoms with van der Waals surface area (Å²) in [5, 5.41) is 42.4. The first kappa shape index (κ1) is 20.1. The third kappa shape index (κ3) is 4.12. The summed E-state index contributed by atoms with van der Waals surface area (Å²) < 4.78 is 0. The number of carbonyl (C=O) groups excluding carboxylic acids is 2. The van der Waals surface area contributed by atoms with Crippen molar-refractivity contribution in [2.75, 3.05) is 10.6 Å². The van der Waals surface area contributed by atoms with Crippen LogP contribution in [0, 0.1) is 0 Å². The molecule has 3 rings (SSSR count). The Bertz CT molecular complexity index is 1070. The van der Waals surface area contributed by atoms with Gasteiger partial charge in [0.15, 0.2) is 0 Å². The molecule has 0 amide bonds. The van der Waals surface area contributed by atoms with Crippen molar-refractivity contribution in [3.05, 3.63) is 71.1 Å². The minimum absolute atomic E-state index is 0.121. The van der Waals surface area contributed by atoms with Crippen LogP contribution in [-0.2, 0) is 9.59 Å². The lowest BCUT2D eigenvalue weighted by molar-refractivity contribution is -0.115. The summed E-state index contributed by atoms with van der Waals surface area (Å²) >= 11 is 0.